The van der Waals surface area contributed by atoms with Gasteiger partial charge in [-0.15, -0.1) is 0 Å². The Hall–Kier alpha value is -0.570. The first-order valence-electron chi connectivity index (χ1n) is 4.13. The van der Waals surface area contributed by atoms with E-state index in [0.29, 0.717) is 6.42 Å². The van der Waals surface area contributed by atoms with Crippen molar-refractivity contribution in [3.8, 4) is 0 Å². The standard InChI is InChI=1S/C9H19NO2/c1-8(2,7(11)12)6-9(3,4)10-5/h10H,6H2,1-5H3,(H,11,12). The Bertz CT molecular complexity index is 173. The molecule has 0 saturated heterocycles. The summed E-state index contributed by atoms with van der Waals surface area (Å²) < 4.78 is 0. The van der Waals surface area contributed by atoms with E-state index in [1.165, 1.54) is 0 Å². The molecule has 3 nitrogen and oxygen atoms in total. The van der Waals surface area contributed by atoms with Crippen molar-refractivity contribution in [1.29, 1.82) is 0 Å². The quantitative estimate of drug-likeness (QED) is 0.677. The van der Waals surface area contributed by atoms with Crippen molar-refractivity contribution in [1.82, 2.24) is 5.32 Å². The highest BCUT2D eigenvalue weighted by Crippen LogP contribution is 2.27. The molecule has 3 heteroatoms. The van der Waals surface area contributed by atoms with Crippen molar-refractivity contribution in [3.63, 3.8) is 0 Å². The fourth-order valence-corrected chi connectivity index (χ4v) is 1.27. The number of hydrogen-bond donors (Lipinski definition) is 2. The monoisotopic (exact) mass is 173 g/mol. The molecule has 0 amide bonds. The van der Waals surface area contributed by atoms with Gasteiger partial charge in [-0.05, 0) is 41.2 Å². The van der Waals surface area contributed by atoms with Crippen LogP contribution in [0.25, 0.3) is 0 Å². The van der Waals surface area contributed by atoms with Crippen LogP contribution in [-0.2, 0) is 4.79 Å². The predicted octanol–water partition coefficient (Wildman–Crippen LogP) is 1.49. The van der Waals surface area contributed by atoms with Crippen molar-refractivity contribution < 1.29 is 9.90 Å². The molecule has 0 atom stereocenters. The van der Waals surface area contributed by atoms with E-state index in [9.17, 15) is 4.79 Å². The van der Waals surface area contributed by atoms with Gasteiger partial charge in [0, 0.05) is 5.54 Å². The molecule has 0 aliphatic rings. The molecule has 0 saturated carbocycles. The van der Waals surface area contributed by atoms with E-state index in [1.54, 1.807) is 13.8 Å². The Labute approximate surface area is 74.2 Å². The third-order valence-corrected chi connectivity index (χ3v) is 2.14. The van der Waals surface area contributed by atoms with E-state index >= 15 is 0 Å². The van der Waals surface area contributed by atoms with Crippen LogP contribution in [0.4, 0.5) is 0 Å². The molecule has 72 valence electrons. The van der Waals surface area contributed by atoms with E-state index in [-0.39, 0.29) is 5.54 Å². The maximum atomic E-state index is 10.8. The smallest absolute Gasteiger partial charge is 0.309 e. The summed E-state index contributed by atoms with van der Waals surface area (Å²) >= 11 is 0. The molecule has 0 spiro atoms. The van der Waals surface area contributed by atoms with Crippen LogP contribution in [0.5, 0.6) is 0 Å². The lowest BCUT2D eigenvalue weighted by atomic mass is 9.80. The fraction of sp³-hybridized carbons (Fsp3) is 0.889. The van der Waals surface area contributed by atoms with Crippen molar-refractivity contribution in [2.75, 3.05) is 7.05 Å². The highest BCUT2D eigenvalue weighted by atomic mass is 16.4. The van der Waals surface area contributed by atoms with Gasteiger partial charge in [-0.3, -0.25) is 4.79 Å². The van der Waals surface area contributed by atoms with E-state index in [1.807, 2.05) is 20.9 Å². The van der Waals surface area contributed by atoms with Gasteiger partial charge in [0.05, 0.1) is 5.41 Å². The van der Waals surface area contributed by atoms with E-state index < -0.39 is 11.4 Å². The van der Waals surface area contributed by atoms with Crippen molar-refractivity contribution >= 4 is 5.97 Å². The minimum absolute atomic E-state index is 0.123. The highest BCUT2D eigenvalue weighted by Gasteiger charge is 2.33. The lowest BCUT2D eigenvalue weighted by Gasteiger charge is -2.31. The van der Waals surface area contributed by atoms with Gasteiger partial charge < -0.3 is 10.4 Å². The molecule has 0 unspecified atom stereocenters. The number of aliphatic carboxylic acids is 1. The summed E-state index contributed by atoms with van der Waals surface area (Å²) in [5.74, 6) is -0.745. The number of carbonyl (C=O) groups is 1. The topological polar surface area (TPSA) is 49.3 Å². The third-order valence-electron chi connectivity index (χ3n) is 2.14. The largest absolute Gasteiger partial charge is 0.481 e. The first kappa shape index (κ1) is 11.4. The minimum Gasteiger partial charge on any atom is -0.481 e. The zero-order valence-corrected chi connectivity index (χ0v) is 8.56. The Morgan fingerprint density at radius 1 is 1.33 bits per heavy atom. The lowest BCUT2D eigenvalue weighted by molar-refractivity contribution is -0.148. The highest BCUT2D eigenvalue weighted by molar-refractivity contribution is 5.73. The molecule has 0 rings (SSSR count). The Morgan fingerprint density at radius 3 is 2.00 bits per heavy atom. The van der Waals surface area contributed by atoms with Gasteiger partial charge >= 0.3 is 5.97 Å². The molecule has 0 fully saturated rings. The van der Waals surface area contributed by atoms with Gasteiger partial charge in [0.25, 0.3) is 0 Å². The van der Waals surface area contributed by atoms with Crippen LogP contribution in [0.2, 0.25) is 0 Å². The van der Waals surface area contributed by atoms with Crippen LogP contribution in [0.15, 0.2) is 0 Å². The van der Waals surface area contributed by atoms with Gasteiger partial charge in [0.2, 0.25) is 0 Å². The van der Waals surface area contributed by atoms with Crippen molar-refractivity contribution in [2.24, 2.45) is 5.41 Å². The predicted molar refractivity (Wildman–Crippen MR) is 49.2 cm³/mol. The van der Waals surface area contributed by atoms with Crippen molar-refractivity contribution in [3.05, 3.63) is 0 Å². The second-order valence-corrected chi connectivity index (χ2v) is 4.50. The Balaban J connectivity index is 4.34. The van der Waals surface area contributed by atoms with Gasteiger partial charge in [-0.1, -0.05) is 0 Å². The molecule has 0 radical (unpaired) electrons. The summed E-state index contributed by atoms with van der Waals surface area (Å²) in [6.45, 7) is 7.48. The molecule has 0 aromatic heterocycles. The first-order valence-corrected chi connectivity index (χ1v) is 4.13. The molecular formula is C9H19NO2. The summed E-state index contributed by atoms with van der Waals surface area (Å²) in [7, 11) is 1.85. The van der Waals surface area contributed by atoms with Gasteiger partial charge in [-0.25, -0.2) is 0 Å². The average Bonchev–Trinajstić information content (AvgIpc) is 1.85. The first-order chi connectivity index (χ1) is 5.21. The number of carboxylic acids is 1. The normalized spacial score (nSPS) is 13.1. The summed E-state index contributed by atoms with van der Waals surface area (Å²) in [4.78, 5) is 10.8. The molecule has 0 aromatic rings. The lowest BCUT2D eigenvalue weighted by Crippen LogP contribution is -2.42. The second kappa shape index (κ2) is 3.44. The maximum absolute atomic E-state index is 10.8. The molecule has 2 N–H and O–H groups in total. The fourth-order valence-electron chi connectivity index (χ4n) is 1.27. The van der Waals surface area contributed by atoms with Crippen LogP contribution in [0.3, 0.4) is 0 Å². The van der Waals surface area contributed by atoms with Gasteiger partial charge in [0.15, 0.2) is 0 Å². The summed E-state index contributed by atoms with van der Waals surface area (Å²) in [6.07, 6.45) is 0.617. The minimum atomic E-state index is -0.745. The summed E-state index contributed by atoms with van der Waals surface area (Å²) in [6, 6.07) is 0. The number of nitrogens with one attached hydrogen (secondary N) is 1. The number of carboxylic acid groups (broad SMARTS) is 1. The maximum Gasteiger partial charge on any atom is 0.309 e. The molecule has 12 heavy (non-hydrogen) atoms. The number of rotatable bonds is 4. The Kier molecular flexibility index (Phi) is 3.27. The Morgan fingerprint density at radius 2 is 1.75 bits per heavy atom. The van der Waals surface area contributed by atoms with Crippen LogP contribution in [-0.4, -0.2) is 23.7 Å². The summed E-state index contributed by atoms with van der Waals surface area (Å²) in [5.41, 5.74) is -0.783. The zero-order chi connectivity index (χ0) is 9.99. The van der Waals surface area contributed by atoms with Gasteiger partial charge in [-0.2, -0.15) is 0 Å². The SMILES string of the molecule is CNC(C)(C)CC(C)(C)C(=O)O. The number of hydrogen-bond acceptors (Lipinski definition) is 2. The second-order valence-electron chi connectivity index (χ2n) is 4.50. The zero-order valence-electron chi connectivity index (χ0n) is 8.56. The molecule has 0 aliphatic carbocycles. The van der Waals surface area contributed by atoms with Crippen LogP contribution in [0.1, 0.15) is 34.1 Å². The molecule has 0 heterocycles. The molecular weight excluding hydrogens is 154 g/mol. The van der Waals surface area contributed by atoms with E-state index in [2.05, 4.69) is 5.32 Å². The molecule has 0 aliphatic heterocycles. The molecule has 0 bridgehead atoms. The van der Waals surface area contributed by atoms with E-state index in [4.69, 9.17) is 5.11 Å². The third kappa shape index (κ3) is 3.22. The average molecular weight is 173 g/mol. The van der Waals surface area contributed by atoms with Crippen LogP contribution < -0.4 is 5.32 Å². The van der Waals surface area contributed by atoms with Crippen LogP contribution in [0, 0.1) is 5.41 Å². The van der Waals surface area contributed by atoms with Crippen molar-refractivity contribution in [2.45, 2.75) is 39.7 Å². The molecule has 0 aromatic carbocycles. The van der Waals surface area contributed by atoms with Gasteiger partial charge in [0.1, 0.15) is 0 Å². The van der Waals surface area contributed by atoms with Crippen LogP contribution >= 0.6 is 0 Å². The van der Waals surface area contributed by atoms with E-state index in [0.717, 1.165) is 0 Å². The summed E-state index contributed by atoms with van der Waals surface area (Å²) in [5, 5.41) is 12.0.